The third-order valence-electron chi connectivity index (χ3n) is 3.27. The monoisotopic (exact) mass is 367 g/mol. The molecule has 1 heterocycles. The van der Waals surface area contributed by atoms with Gasteiger partial charge >= 0.3 is 0 Å². The van der Waals surface area contributed by atoms with Crippen LogP contribution in [0.25, 0.3) is 0 Å². The summed E-state index contributed by atoms with van der Waals surface area (Å²) in [6, 6.07) is 6.47. The first-order chi connectivity index (χ1) is 10.1. The van der Waals surface area contributed by atoms with Crippen LogP contribution in [0, 0.1) is 6.92 Å². The summed E-state index contributed by atoms with van der Waals surface area (Å²) in [5.74, 6) is 0. The van der Waals surface area contributed by atoms with Crippen LogP contribution in [-0.2, 0) is 13.1 Å². The van der Waals surface area contributed by atoms with Crippen LogP contribution in [0.15, 0.2) is 28.1 Å². The van der Waals surface area contributed by atoms with Gasteiger partial charge in [0.25, 0.3) is 0 Å². The Morgan fingerprint density at radius 3 is 2.86 bits per heavy atom. The lowest BCUT2D eigenvalue weighted by Crippen LogP contribution is -2.21. The van der Waals surface area contributed by atoms with Gasteiger partial charge in [0.05, 0.1) is 17.2 Å². The maximum atomic E-state index is 4.55. The lowest BCUT2D eigenvalue weighted by atomic mass is 10.1. The molecule has 0 saturated carbocycles. The second-order valence-corrected chi connectivity index (χ2v) is 7.14. The van der Waals surface area contributed by atoms with Gasteiger partial charge in [-0.2, -0.15) is 0 Å². The molecule has 0 amide bonds. The number of anilines is 1. The molecule has 1 aromatic heterocycles. The van der Waals surface area contributed by atoms with Gasteiger partial charge in [-0.25, -0.2) is 4.98 Å². The lowest BCUT2D eigenvalue weighted by molar-refractivity contribution is 0.673. The van der Waals surface area contributed by atoms with Gasteiger partial charge in [-0.3, -0.25) is 0 Å². The maximum Gasteiger partial charge on any atom is 0.0898 e. The van der Waals surface area contributed by atoms with Crippen molar-refractivity contribution in [1.82, 2.24) is 10.3 Å². The molecule has 0 aliphatic carbocycles. The van der Waals surface area contributed by atoms with Crippen molar-refractivity contribution in [3.05, 3.63) is 44.3 Å². The summed E-state index contributed by atoms with van der Waals surface area (Å²) in [5, 5.41) is 6.74. The van der Waals surface area contributed by atoms with E-state index in [1.54, 1.807) is 11.3 Å². The first-order valence-corrected chi connectivity index (χ1v) is 8.88. The summed E-state index contributed by atoms with van der Waals surface area (Å²) in [6.45, 7) is 7.02. The van der Waals surface area contributed by atoms with E-state index in [0.29, 0.717) is 0 Å². The molecule has 0 radical (unpaired) electrons. The molecule has 21 heavy (non-hydrogen) atoms. The van der Waals surface area contributed by atoms with E-state index in [1.807, 2.05) is 6.92 Å². The summed E-state index contributed by atoms with van der Waals surface area (Å²) < 4.78 is 1.11. The minimum atomic E-state index is 0.835. The van der Waals surface area contributed by atoms with E-state index in [1.165, 1.54) is 11.3 Å². The van der Waals surface area contributed by atoms with Crippen molar-refractivity contribution in [2.45, 2.75) is 33.4 Å². The van der Waals surface area contributed by atoms with E-state index in [0.717, 1.165) is 41.2 Å². The molecule has 0 atom stereocenters. The number of nitrogens with one attached hydrogen (secondary N) is 1. The standard InChI is InChI=1S/C16H22BrN3S/c1-4-7-18-9-13-5-6-14(17)8-16(13)20(3)10-15-11-21-12(2)19-15/h5-6,8,11,18H,4,7,9-10H2,1-3H3. The zero-order valence-corrected chi connectivity index (χ0v) is 15.2. The molecule has 2 rings (SSSR count). The predicted octanol–water partition coefficient (Wildman–Crippen LogP) is 4.35. The lowest BCUT2D eigenvalue weighted by Gasteiger charge is -2.22. The van der Waals surface area contributed by atoms with Crippen molar-refractivity contribution < 1.29 is 0 Å². The van der Waals surface area contributed by atoms with E-state index in [9.17, 15) is 0 Å². The van der Waals surface area contributed by atoms with Gasteiger partial charge in [0.1, 0.15) is 0 Å². The van der Waals surface area contributed by atoms with Crippen LogP contribution in [0.3, 0.4) is 0 Å². The number of aryl methyl sites for hydroxylation is 1. The molecule has 1 aromatic carbocycles. The largest absolute Gasteiger partial charge is 0.368 e. The minimum Gasteiger partial charge on any atom is -0.368 e. The number of nitrogens with zero attached hydrogens (tertiary/aromatic N) is 2. The normalized spacial score (nSPS) is 10.9. The van der Waals surface area contributed by atoms with E-state index in [4.69, 9.17) is 0 Å². The Balaban J connectivity index is 2.13. The SMILES string of the molecule is CCCNCc1ccc(Br)cc1N(C)Cc1csc(C)n1. The summed E-state index contributed by atoms with van der Waals surface area (Å²) >= 11 is 5.28. The third-order valence-corrected chi connectivity index (χ3v) is 4.58. The van der Waals surface area contributed by atoms with Crippen LogP contribution in [0.4, 0.5) is 5.69 Å². The van der Waals surface area contributed by atoms with Crippen molar-refractivity contribution in [3.8, 4) is 0 Å². The molecule has 0 saturated heterocycles. The number of thiazole rings is 1. The summed E-state index contributed by atoms with van der Waals surface area (Å²) in [7, 11) is 2.12. The first-order valence-electron chi connectivity index (χ1n) is 7.21. The Labute approximate surface area is 139 Å². The zero-order valence-electron chi connectivity index (χ0n) is 12.8. The molecule has 2 aromatic rings. The van der Waals surface area contributed by atoms with Crippen molar-refractivity contribution in [2.75, 3.05) is 18.5 Å². The van der Waals surface area contributed by atoms with Crippen LogP contribution in [0.1, 0.15) is 29.6 Å². The fraction of sp³-hybridized carbons (Fsp3) is 0.438. The smallest absolute Gasteiger partial charge is 0.0898 e. The number of rotatable bonds is 7. The fourth-order valence-electron chi connectivity index (χ4n) is 2.25. The van der Waals surface area contributed by atoms with Gasteiger partial charge in [-0.05, 0) is 37.6 Å². The Morgan fingerprint density at radius 1 is 1.38 bits per heavy atom. The highest BCUT2D eigenvalue weighted by Crippen LogP contribution is 2.26. The van der Waals surface area contributed by atoms with Crippen LogP contribution in [-0.4, -0.2) is 18.6 Å². The van der Waals surface area contributed by atoms with Crippen LogP contribution >= 0.6 is 27.3 Å². The topological polar surface area (TPSA) is 28.2 Å². The van der Waals surface area contributed by atoms with E-state index < -0.39 is 0 Å². The van der Waals surface area contributed by atoms with E-state index in [2.05, 4.69) is 68.7 Å². The van der Waals surface area contributed by atoms with E-state index >= 15 is 0 Å². The van der Waals surface area contributed by atoms with Crippen LogP contribution in [0.2, 0.25) is 0 Å². The molecule has 0 aliphatic heterocycles. The van der Waals surface area contributed by atoms with Gasteiger partial charge in [0.2, 0.25) is 0 Å². The molecular weight excluding hydrogens is 346 g/mol. The van der Waals surface area contributed by atoms with Gasteiger partial charge in [-0.1, -0.05) is 28.9 Å². The number of hydrogen-bond donors (Lipinski definition) is 1. The Morgan fingerprint density at radius 2 is 2.19 bits per heavy atom. The van der Waals surface area contributed by atoms with Crippen molar-refractivity contribution in [3.63, 3.8) is 0 Å². The average molecular weight is 368 g/mol. The minimum absolute atomic E-state index is 0.835. The second-order valence-electron chi connectivity index (χ2n) is 5.16. The fourth-order valence-corrected chi connectivity index (χ4v) is 3.20. The van der Waals surface area contributed by atoms with Crippen molar-refractivity contribution >= 4 is 33.0 Å². The molecule has 1 N–H and O–H groups in total. The van der Waals surface area contributed by atoms with Gasteiger partial charge in [0, 0.05) is 29.1 Å². The Bertz CT molecular complexity index is 583. The van der Waals surface area contributed by atoms with Crippen molar-refractivity contribution in [2.24, 2.45) is 0 Å². The molecule has 3 nitrogen and oxygen atoms in total. The van der Waals surface area contributed by atoms with Gasteiger partial charge < -0.3 is 10.2 Å². The number of halogens is 1. The van der Waals surface area contributed by atoms with Crippen molar-refractivity contribution in [1.29, 1.82) is 0 Å². The van der Waals surface area contributed by atoms with Gasteiger partial charge in [0.15, 0.2) is 0 Å². The molecule has 0 spiro atoms. The number of aromatic nitrogens is 1. The first kappa shape index (κ1) is 16.5. The molecule has 0 fully saturated rings. The highest BCUT2D eigenvalue weighted by atomic mass is 79.9. The van der Waals surface area contributed by atoms with Gasteiger partial charge in [-0.15, -0.1) is 11.3 Å². The van der Waals surface area contributed by atoms with Crippen LogP contribution < -0.4 is 10.2 Å². The summed E-state index contributed by atoms with van der Waals surface area (Å²) in [4.78, 5) is 6.82. The van der Waals surface area contributed by atoms with E-state index in [-0.39, 0.29) is 0 Å². The molecular formula is C16H22BrN3S. The molecule has 0 aliphatic rings. The highest BCUT2D eigenvalue weighted by Gasteiger charge is 2.10. The third kappa shape index (κ3) is 4.80. The number of hydrogen-bond acceptors (Lipinski definition) is 4. The molecule has 5 heteroatoms. The molecule has 114 valence electrons. The maximum absolute atomic E-state index is 4.55. The Kier molecular flexibility index (Phi) is 6.21. The Hall–Kier alpha value is -0.910. The molecule has 0 bridgehead atoms. The second kappa shape index (κ2) is 7.92. The predicted molar refractivity (Wildman–Crippen MR) is 95.1 cm³/mol. The zero-order chi connectivity index (χ0) is 15.2. The highest BCUT2D eigenvalue weighted by molar-refractivity contribution is 9.10. The summed E-state index contributed by atoms with van der Waals surface area (Å²) in [5.41, 5.74) is 3.70. The average Bonchev–Trinajstić information content (AvgIpc) is 2.86. The quantitative estimate of drug-likeness (QED) is 0.737. The van der Waals surface area contributed by atoms with Crippen LogP contribution in [0.5, 0.6) is 0 Å². The molecule has 0 unspecified atom stereocenters. The number of benzene rings is 1. The summed E-state index contributed by atoms with van der Waals surface area (Å²) in [6.07, 6.45) is 1.15.